The zero-order valence-corrected chi connectivity index (χ0v) is 18.5. The molecule has 0 aliphatic carbocycles. The fraction of sp³-hybridized carbons (Fsp3) is 0.381. The molecular formula is C21H27ClN2O4S. The lowest BCUT2D eigenvalue weighted by Crippen LogP contribution is -2.41. The number of ether oxygens (including phenoxy) is 1. The molecular weight excluding hydrogens is 412 g/mol. The Balaban J connectivity index is 2.40. The zero-order valence-electron chi connectivity index (χ0n) is 16.9. The number of anilines is 1. The highest BCUT2D eigenvalue weighted by Crippen LogP contribution is 2.32. The fourth-order valence-corrected chi connectivity index (χ4v) is 4.22. The summed E-state index contributed by atoms with van der Waals surface area (Å²) in [7, 11) is -4.01. The van der Waals surface area contributed by atoms with E-state index in [0.29, 0.717) is 35.5 Å². The molecule has 0 aliphatic rings. The topological polar surface area (TPSA) is 75.7 Å². The number of hydrogen-bond donors (Lipinski definition) is 1. The first kappa shape index (κ1) is 23.0. The molecule has 1 N–H and O–H groups in total. The summed E-state index contributed by atoms with van der Waals surface area (Å²) in [5.41, 5.74) is 0.309. The number of carbonyl (C=O) groups is 1. The van der Waals surface area contributed by atoms with Gasteiger partial charge < -0.3 is 10.1 Å². The first-order valence-electron chi connectivity index (χ1n) is 9.52. The van der Waals surface area contributed by atoms with Crippen molar-refractivity contribution in [3.8, 4) is 5.75 Å². The van der Waals surface area contributed by atoms with Gasteiger partial charge in [0, 0.05) is 11.6 Å². The van der Waals surface area contributed by atoms with E-state index in [9.17, 15) is 13.2 Å². The van der Waals surface area contributed by atoms with Gasteiger partial charge in [0.05, 0.1) is 17.2 Å². The van der Waals surface area contributed by atoms with Gasteiger partial charge in [0.2, 0.25) is 5.91 Å². The highest BCUT2D eigenvalue weighted by molar-refractivity contribution is 7.92. The van der Waals surface area contributed by atoms with Crippen LogP contribution < -0.4 is 14.4 Å². The maximum atomic E-state index is 13.4. The maximum Gasteiger partial charge on any atom is 0.264 e. The number of sulfonamides is 1. The van der Waals surface area contributed by atoms with Crippen molar-refractivity contribution in [1.82, 2.24) is 5.32 Å². The number of halogens is 1. The molecule has 0 aliphatic heterocycles. The molecule has 0 saturated carbocycles. The summed E-state index contributed by atoms with van der Waals surface area (Å²) in [5, 5.41) is 3.22. The summed E-state index contributed by atoms with van der Waals surface area (Å²) >= 11 is 5.90. The summed E-state index contributed by atoms with van der Waals surface area (Å²) in [6.07, 6.45) is 0.811. The minimum Gasteiger partial charge on any atom is -0.492 e. The summed E-state index contributed by atoms with van der Waals surface area (Å²) in [5.74, 6) is 0.444. The van der Waals surface area contributed by atoms with E-state index >= 15 is 0 Å². The standard InChI is InChI=1S/C21H27ClN2O4S/c1-4-28-20-8-6-5-7-19(20)24(15-21(25)23-14-13-16(2)3)29(26,27)18-11-9-17(22)10-12-18/h5-12,16H,4,13-15H2,1-3H3,(H,23,25). The minimum absolute atomic E-state index is 0.0446. The average molecular weight is 439 g/mol. The van der Waals surface area contributed by atoms with Crippen LogP contribution in [0, 0.1) is 5.92 Å². The molecule has 1 amide bonds. The Morgan fingerprint density at radius 1 is 1.14 bits per heavy atom. The van der Waals surface area contributed by atoms with E-state index in [1.807, 2.05) is 6.92 Å². The number of carbonyl (C=O) groups excluding carboxylic acids is 1. The van der Waals surface area contributed by atoms with E-state index in [-0.39, 0.29) is 17.3 Å². The number of rotatable bonds is 10. The second-order valence-electron chi connectivity index (χ2n) is 6.90. The molecule has 0 aromatic heterocycles. The molecule has 0 radical (unpaired) electrons. The van der Waals surface area contributed by atoms with Gasteiger partial charge in [-0.2, -0.15) is 0 Å². The summed E-state index contributed by atoms with van der Waals surface area (Å²) in [4.78, 5) is 12.6. The third-order valence-electron chi connectivity index (χ3n) is 4.17. The summed E-state index contributed by atoms with van der Waals surface area (Å²) in [6, 6.07) is 12.6. The van der Waals surface area contributed by atoms with E-state index in [1.54, 1.807) is 24.3 Å². The van der Waals surface area contributed by atoms with Gasteiger partial charge in [0.15, 0.2) is 0 Å². The van der Waals surface area contributed by atoms with Gasteiger partial charge in [-0.05, 0) is 55.7 Å². The van der Waals surface area contributed by atoms with Gasteiger partial charge in [-0.25, -0.2) is 8.42 Å². The Labute approximate surface area is 177 Å². The fourth-order valence-electron chi connectivity index (χ4n) is 2.66. The SMILES string of the molecule is CCOc1ccccc1N(CC(=O)NCCC(C)C)S(=O)(=O)c1ccc(Cl)cc1. The van der Waals surface area contributed by atoms with Crippen LogP contribution in [0.1, 0.15) is 27.2 Å². The van der Waals surface area contributed by atoms with Crippen molar-refractivity contribution in [3.05, 3.63) is 53.6 Å². The Kier molecular flexibility index (Phi) is 8.34. The van der Waals surface area contributed by atoms with Crippen LogP contribution in [0.5, 0.6) is 5.75 Å². The minimum atomic E-state index is -4.01. The molecule has 6 nitrogen and oxygen atoms in total. The van der Waals surface area contributed by atoms with Crippen LogP contribution in [-0.4, -0.2) is 34.0 Å². The van der Waals surface area contributed by atoms with Gasteiger partial charge in [0.25, 0.3) is 10.0 Å². The summed E-state index contributed by atoms with van der Waals surface area (Å²) in [6.45, 7) is 6.43. The number of benzene rings is 2. The van der Waals surface area contributed by atoms with E-state index < -0.39 is 10.0 Å². The van der Waals surface area contributed by atoms with E-state index in [1.165, 1.54) is 24.3 Å². The molecule has 0 unspecified atom stereocenters. The number of para-hydroxylation sites is 2. The van der Waals surface area contributed by atoms with Crippen LogP contribution in [0.2, 0.25) is 5.02 Å². The number of nitrogens with zero attached hydrogens (tertiary/aromatic N) is 1. The smallest absolute Gasteiger partial charge is 0.264 e. The lowest BCUT2D eigenvalue weighted by molar-refractivity contribution is -0.119. The first-order valence-corrected chi connectivity index (χ1v) is 11.3. The third-order valence-corrected chi connectivity index (χ3v) is 6.19. The van der Waals surface area contributed by atoms with Gasteiger partial charge in [0.1, 0.15) is 12.3 Å². The van der Waals surface area contributed by atoms with Crippen molar-refractivity contribution in [2.75, 3.05) is 24.0 Å². The zero-order chi connectivity index (χ0) is 21.4. The average Bonchev–Trinajstić information content (AvgIpc) is 2.67. The Morgan fingerprint density at radius 3 is 2.41 bits per heavy atom. The van der Waals surface area contributed by atoms with Gasteiger partial charge in [-0.15, -0.1) is 0 Å². The molecule has 2 aromatic carbocycles. The van der Waals surface area contributed by atoms with Crippen LogP contribution >= 0.6 is 11.6 Å². The maximum absolute atomic E-state index is 13.4. The van der Waals surface area contributed by atoms with Crippen molar-refractivity contribution >= 4 is 33.2 Å². The number of amides is 1. The quantitative estimate of drug-likeness (QED) is 0.606. The normalized spacial score (nSPS) is 11.3. The molecule has 0 saturated heterocycles. The van der Waals surface area contributed by atoms with Crippen molar-refractivity contribution < 1.29 is 17.9 Å². The van der Waals surface area contributed by atoms with Crippen LogP contribution in [0.4, 0.5) is 5.69 Å². The van der Waals surface area contributed by atoms with Crippen molar-refractivity contribution in [1.29, 1.82) is 0 Å². The second-order valence-corrected chi connectivity index (χ2v) is 9.20. The van der Waals surface area contributed by atoms with Gasteiger partial charge >= 0.3 is 0 Å². The monoisotopic (exact) mass is 438 g/mol. The number of nitrogens with one attached hydrogen (secondary N) is 1. The van der Waals surface area contributed by atoms with Crippen LogP contribution in [0.3, 0.4) is 0 Å². The van der Waals surface area contributed by atoms with Crippen molar-refractivity contribution in [3.63, 3.8) is 0 Å². The lowest BCUT2D eigenvalue weighted by Gasteiger charge is -2.26. The highest BCUT2D eigenvalue weighted by Gasteiger charge is 2.29. The number of hydrogen-bond acceptors (Lipinski definition) is 4. The van der Waals surface area contributed by atoms with E-state index in [2.05, 4.69) is 19.2 Å². The molecule has 8 heteroatoms. The Hall–Kier alpha value is -2.25. The lowest BCUT2D eigenvalue weighted by atomic mass is 10.1. The summed E-state index contributed by atoms with van der Waals surface area (Å²) < 4.78 is 33.4. The molecule has 0 spiro atoms. The third kappa shape index (κ3) is 6.37. The largest absolute Gasteiger partial charge is 0.492 e. The van der Waals surface area contributed by atoms with E-state index in [0.717, 1.165) is 10.7 Å². The molecule has 0 fully saturated rings. The molecule has 158 valence electrons. The molecule has 0 bridgehead atoms. The van der Waals surface area contributed by atoms with Gasteiger partial charge in [-0.3, -0.25) is 9.10 Å². The molecule has 29 heavy (non-hydrogen) atoms. The Morgan fingerprint density at radius 2 is 1.79 bits per heavy atom. The Bertz CT molecular complexity index is 915. The van der Waals surface area contributed by atoms with Crippen LogP contribution in [0.15, 0.2) is 53.4 Å². The predicted molar refractivity (Wildman–Crippen MR) is 116 cm³/mol. The van der Waals surface area contributed by atoms with E-state index in [4.69, 9.17) is 16.3 Å². The van der Waals surface area contributed by atoms with Crippen LogP contribution in [0.25, 0.3) is 0 Å². The molecule has 2 rings (SSSR count). The highest BCUT2D eigenvalue weighted by atomic mass is 35.5. The predicted octanol–water partition coefficient (Wildman–Crippen LogP) is 4.10. The second kappa shape index (κ2) is 10.5. The van der Waals surface area contributed by atoms with Crippen LogP contribution in [-0.2, 0) is 14.8 Å². The first-order chi connectivity index (χ1) is 13.8. The van der Waals surface area contributed by atoms with Crippen molar-refractivity contribution in [2.45, 2.75) is 32.1 Å². The molecule has 0 atom stereocenters. The molecule has 2 aromatic rings. The molecule has 0 heterocycles. The van der Waals surface area contributed by atoms with Crippen molar-refractivity contribution in [2.24, 2.45) is 5.92 Å². The van der Waals surface area contributed by atoms with Gasteiger partial charge in [-0.1, -0.05) is 37.6 Å².